The van der Waals surface area contributed by atoms with Gasteiger partial charge in [-0.25, -0.2) is 0 Å². The number of hydrogen-bond acceptors (Lipinski definition) is 1. The van der Waals surface area contributed by atoms with E-state index in [1.165, 1.54) is 44.6 Å². The van der Waals surface area contributed by atoms with Crippen molar-refractivity contribution in [3.63, 3.8) is 0 Å². The summed E-state index contributed by atoms with van der Waals surface area (Å²) in [6, 6.07) is 0. The van der Waals surface area contributed by atoms with Crippen LogP contribution < -0.4 is 5.73 Å². The molecule has 0 saturated carbocycles. The van der Waals surface area contributed by atoms with Crippen LogP contribution in [0.5, 0.6) is 0 Å². The number of allylic oxidation sites excluding steroid dienone is 20. The summed E-state index contributed by atoms with van der Waals surface area (Å²) in [5, 5.41) is 0. The highest BCUT2D eigenvalue weighted by Crippen LogP contribution is 2.40. The fourth-order valence-electron chi connectivity index (χ4n) is 4.58. The Kier molecular flexibility index (Phi) is 15.1. The molecule has 0 radical (unpaired) electrons. The number of hydrogen-bond donors (Lipinski definition) is 1. The first-order chi connectivity index (χ1) is 16.8. The van der Waals surface area contributed by atoms with Gasteiger partial charge in [0.1, 0.15) is 0 Å². The van der Waals surface area contributed by atoms with Crippen molar-refractivity contribution < 1.29 is 0 Å². The van der Waals surface area contributed by atoms with Gasteiger partial charge in [-0.05, 0) is 133 Å². The Morgan fingerprint density at radius 2 is 0.543 bits per heavy atom. The van der Waals surface area contributed by atoms with Gasteiger partial charge in [0.15, 0.2) is 0 Å². The van der Waals surface area contributed by atoms with Crippen molar-refractivity contribution in [1.29, 1.82) is 0 Å². The molecule has 0 rings (SSSR count). The van der Waals surface area contributed by atoms with E-state index in [1.54, 1.807) is 0 Å². The van der Waals surface area contributed by atoms with E-state index in [4.69, 9.17) is 5.73 Å². The first kappa shape index (κ1) is 31.9. The molecule has 0 unspecified atom stereocenters. The van der Waals surface area contributed by atoms with Crippen molar-refractivity contribution in [2.75, 3.05) is 0 Å². The molecule has 0 saturated heterocycles. The Balaban J connectivity index is 7.07. The van der Waals surface area contributed by atoms with Crippen LogP contribution in [0.2, 0.25) is 0 Å². The van der Waals surface area contributed by atoms with Crippen LogP contribution in [0.15, 0.2) is 128 Å². The second-order valence-electron chi connectivity index (χ2n) is 8.04. The van der Waals surface area contributed by atoms with Crippen molar-refractivity contribution in [3.8, 4) is 0 Å². The van der Waals surface area contributed by atoms with E-state index in [9.17, 15) is 0 Å². The predicted molar refractivity (Wildman–Crippen MR) is 161 cm³/mol. The maximum atomic E-state index is 6.40. The quantitative estimate of drug-likeness (QED) is 0.315. The van der Waals surface area contributed by atoms with Crippen molar-refractivity contribution in [3.05, 3.63) is 128 Å². The highest BCUT2D eigenvalue weighted by Gasteiger charge is 2.22. The molecule has 0 aromatic rings. The average Bonchev–Trinajstić information content (AvgIpc) is 2.89. The third-order valence-electron chi connectivity index (χ3n) is 6.40. The van der Waals surface area contributed by atoms with Gasteiger partial charge in [0.2, 0.25) is 0 Å². The lowest BCUT2D eigenvalue weighted by Gasteiger charge is -2.25. The highest BCUT2D eigenvalue weighted by molar-refractivity contribution is 5.73. The van der Waals surface area contributed by atoms with E-state index in [0.29, 0.717) is 0 Å². The summed E-state index contributed by atoms with van der Waals surface area (Å²) < 4.78 is 0. The smallest absolute Gasteiger partial charge is 0.0347 e. The molecule has 0 spiro atoms. The van der Waals surface area contributed by atoms with Gasteiger partial charge in [-0.2, -0.15) is 0 Å². The lowest BCUT2D eigenvalue weighted by Crippen LogP contribution is -2.09. The van der Waals surface area contributed by atoms with Gasteiger partial charge in [0.25, 0.3) is 0 Å². The van der Waals surface area contributed by atoms with Crippen LogP contribution in [0.3, 0.4) is 0 Å². The zero-order valence-electron chi connectivity index (χ0n) is 24.4. The Morgan fingerprint density at radius 1 is 0.314 bits per heavy atom. The molecule has 1 heteroatoms. The number of nitrogens with two attached hydrogens (primary N) is 1. The summed E-state index contributed by atoms with van der Waals surface area (Å²) in [6.07, 6.45) is 23.9. The second-order valence-corrected chi connectivity index (χ2v) is 8.04. The molecule has 2 N–H and O–H groups in total. The molecule has 0 amide bonds. The molecule has 0 bridgehead atoms. The fraction of sp³-hybridized carbons (Fsp3) is 0.353. The van der Waals surface area contributed by atoms with Gasteiger partial charge < -0.3 is 5.73 Å². The molecular weight excluding hydrogens is 422 g/mol. The minimum atomic E-state index is 0.786. The predicted octanol–water partition coefficient (Wildman–Crippen LogP) is 10.3. The SMILES string of the molecule is CC=C(C)C(=CC)C(=CC)C(=CC)C(=CC)C(=CC)C(=CC)C(=CC)C(=CC)C(=CC)C(N)=CC. The Hall–Kier alpha value is -3.06. The molecule has 0 atom stereocenters. The van der Waals surface area contributed by atoms with Crippen LogP contribution in [0, 0.1) is 0 Å². The van der Waals surface area contributed by atoms with Gasteiger partial charge >= 0.3 is 0 Å². The Morgan fingerprint density at radius 3 is 0.743 bits per heavy atom. The summed E-state index contributed by atoms with van der Waals surface area (Å²) in [7, 11) is 0. The molecule has 0 fully saturated rings. The lowest BCUT2D eigenvalue weighted by molar-refractivity contribution is 1.21. The largest absolute Gasteiger partial charge is 0.399 e. The van der Waals surface area contributed by atoms with Crippen LogP contribution in [-0.2, 0) is 0 Å². The minimum absolute atomic E-state index is 0.786. The molecule has 0 aliphatic heterocycles. The summed E-state index contributed by atoms with van der Waals surface area (Å²) in [5.41, 5.74) is 19.2. The summed E-state index contributed by atoms with van der Waals surface area (Å²) in [4.78, 5) is 0. The lowest BCUT2D eigenvalue weighted by atomic mass is 9.79. The molecule has 190 valence electrons. The van der Waals surface area contributed by atoms with Crippen LogP contribution in [0.1, 0.15) is 83.1 Å². The maximum absolute atomic E-state index is 6.40. The summed E-state index contributed by atoms with van der Waals surface area (Å²) >= 11 is 0. The van der Waals surface area contributed by atoms with Crippen molar-refractivity contribution >= 4 is 0 Å². The van der Waals surface area contributed by atoms with Gasteiger partial charge in [-0.15, -0.1) is 0 Å². The topological polar surface area (TPSA) is 26.0 Å². The van der Waals surface area contributed by atoms with Crippen molar-refractivity contribution in [1.82, 2.24) is 0 Å². The summed E-state index contributed by atoms with van der Waals surface area (Å²) in [6.45, 7) is 25.2. The van der Waals surface area contributed by atoms with Crippen LogP contribution in [0.25, 0.3) is 0 Å². The first-order valence-electron chi connectivity index (χ1n) is 12.8. The third-order valence-corrected chi connectivity index (χ3v) is 6.40. The zero-order valence-corrected chi connectivity index (χ0v) is 24.4. The van der Waals surface area contributed by atoms with Gasteiger partial charge in [-0.1, -0.05) is 66.8 Å². The normalized spacial score (nSPS) is 17.4. The molecule has 1 nitrogen and oxygen atoms in total. The van der Waals surface area contributed by atoms with E-state index < -0.39 is 0 Å². The fourth-order valence-corrected chi connectivity index (χ4v) is 4.58. The van der Waals surface area contributed by atoms with Crippen LogP contribution >= 0.6 is 0 Å². The number of rotatable bonds is 10. The molecule has 0 aliphatic carbocycles. The van der Waals surface area contributed by atoms with Gasteiger partial charge in [0.05, 0.1) is 0 Å². The third kappa shape index (κ3) is 7.46. The van der Waals surface area contributed by atoms with E-state index in [1.807, 2.05) is 19.9 Å². The monoisotopic (exact) mass is 471 g/mol. The molecule has 35 heavy (non-hydrogen) atoms. The maximum Gasteiger partial charge on any atom is 0.0347 e. The van der Waals surface area contributed by atoms with Gasteiger partial charge in [-0.3, -0.25) is 0 Å². The van der Waals surface area contributed by atoms with Crippen LogP contribution in [-0.4, -0.2) is 0 Å². The standard InChI is InChI=1S/C34H49N/c1-13-24(12)25(14-2)26(15-3)27(16-4)28(17-5)29(18-6)30(19-7)31(20-8)32(21-9)33(22-10)34(35)23-11/h13-23H,35H2,1-12H3. The first-order valence-corrected chi connectivity index (χ1v) is 12.8. The average molecular weight is 472 g/mol. The van der Waals surface area contributed by atoms with Crippen LogP contribution in [0.4, 0.5) is 0 Å². The van der Waals surface area contributed by atoms with Gasteiger partial charge in [0, 0.05) is 11.3 Å². The molecular formula is C34H49N. The van der Waals surface area contributed by atoms with E-state index >= 15 is 0 Å². The molecule has 0 aliphatic rings. The Labute approximate surface area is 217 Å². The molecule has 0 heterocycles. The second kappa shape index (κ2) is 16.5. The summed E-state index contributed by atoms with van der Waals surface area (Å²) in [5.74, 6) is 0. The Bertz CT molecular complexity index is 993. The van der Waals surface area contributed by atoms with Crippen molar-refractivity contribution in [2.45, 2.75) is 83.1 Å². The van der Waals surface area contributed by atoms with E-state index in [2.05, 4.69) is 130 Å². The van der Waals surface area contributed by atoms with E-state index in [0.717, 1.165) is 16.8 Å². The van der Waals surface area contributed by atoms with E-state index in [-0.39, 0.29) is 0 Å². The highest BCUT2D eigenvalue weighted by atomic mass is 14.6. The molecule has 0 aromatic carbocycles. The van der Waals surface area contributed by atoms with Crippen molar-refractivity contribution in [2.24, 2.45) is 5.73 Å². The molecule has 0 aromatic heterocycles. The zero-order chi connectivity index (χ0) is 27.1. The minimum Gasteiger partial charge on any atom is -0.399 e.